The Morgan fingerprint density at radius 3 is 2.37 bits per heavy atom. The third-order valence-corrected chi connectivity index (χ3v) is 3.85. The van der Waals surface area contributed by atoms with Crippen molar-refractivity contribution in [3.8, 4) is 0 Å². The normalized spacial score (nSPS) is 10.4. The zero-order valence-corrected chi connectivity index (χ0v) is 13.3. The van der Waals surface area contributed by atoms with Gasteiger partial charge in [-0.1, -0.05) is 57.6 Å². The van der Waals surface area contributed by atoms with Crippen LogP contribution in [-0.2, 0) is 4.79 Å². The molecule has 0 radical (unpaired) electrons. The molecule has 1 rings (SSSR count). The SMILES string of the molecule is CCCCCCCCCC(=O)Nc1ccccc1Br. The van der Waals surface area contributed by atoms with E-state index in [0.29, 0.717) is 6.42 Å². The summed E-state index contributed by atoms with van der Waals surface area (Å²) in [5, 5.41) is 2.94. The van der Waals surface area contributed by atoms with E-state index in [9.17, 15) is 4.79 Å². The molecule has 0 bridgehead atoms. The van der Waals surface area contributed by atoms with Gasteiger partial charge in [0.2, 0.25) is 5.91 Å². The monoisotopic (exact) mass is 325 g/mol. The number of nitrogens with one attached hydrogen (secondary N) is 1. The number of anilines is 1. The second-order valence-electron chi connectivity index (χ2n) is 4.90. The Balaban J connectivity index is 2.10. The van der Waals surface area contributed by atoms with Gasteiger partial charge in [-0.2, -0.15) is 0 Å². The highest BCUT2D eigenvalue weighted by Gasteiger charge is 2.04. The number of carbonyl (C=O) groups excluding carboxylic acids is 1. The van der Waals surface area contributed by atoms with E-state index >= 15 is 0 Å². The third-order valence-electron chi connectivity index (χ3n) is 3.16. The summed E-state index contributed by atoms with van der Waals surface area (Å²) >= 11 is 3.43. The Labute approximate surface area is 125 Å². The van der Waals surface area contributed by atoms with Gasteiger partial charge in [0.15, 0.2) is 0 Å². The van der Waals surface area contributed by atoms with Crippen molar-refractivity contribution in [1.29, 1.82) is 0 Å². The van der Waals surface area contributed by atoms with Crippen molar-refractivity contribution in [3.63, 3.8) is 0 Å². The van der Waals surface area contributed by atoms with E-state index in [1.165, 1.54) is 32.1 Å². The van der Waals surface area contributed by atoms with E-state index in [-0.39, 0.29) is 5.91 Å². The maximum Gasteiger partial charge on any atom is 0.224 e. The van der Waals surface area contributed by atoms with Crippen LogP contribution in [0, 0.1) is 0 Å². The number of para-hydroxylation sites is 1. The molecule has 0 aliphatic carbocycles. The second kappa shape index (κ2) is 10.0. The van der Waals surface area contributed by atoms with E-state index in [0.717, 1.165) is 23.0 Å². The molecule has 0 unspecified atom stereocenters. The topological polar surface area (TPSA) is 29.1 Å². The molecule has 0 aliphatic rings. The minimum atomic E-state index is 0.112. The molecule has 1 aromatic rings. The number of hydrogen-bond acceptors (Lipinski definition) is 1. The summed E-state index contributed by atoms with van der Waals surface area (Å²) in [6.45, 7) is 2.23. The molecule has 0 saturated heterocycles. The first-order chi connectivity index (χ1) is 9.24. The van der Waals surface area contributed by atoms with Gasteiger partial charge in [-0.05, 0) is 34.5 Å². The zero-order chi connectivity index (χ0) is 13.9. The number of hydrogen-bond donors (Lipinski definition) is 1. The number of unbranched alkanes of at least 4 members (excludes halogenated alkanes) is 6. The molecular weight excluding hydrogens is 302 g/mol. The zero-order valence-electron chi connectivity index (χ0n) is 11.8. The van der Waals surface area contributed by atoms with Gasteiger partial charge in [0.25, 0.3) is 0 Å². The summed E-state index contributed by atoms with van der Waals surface area (Å²) < 4.78 is 0.933. The van der Waals surface area contributed by atoms with Crippen molar-refractivity contribution in [1.82, 2.24) is 0 Å². The molecule has 0 aromatic heterocycles. The molecule has 0 spiro atoms. The smallest absolute Gasteiger partial charge is 0.224 e. The fourth-order valence-corrected chi connectivity index (χ4v) is 2.40. The fraction of sp³-hybridized carbons (Fsp3) is 0.562. The van der Waals surface area contributed by atoms with Crippen molar-refractivity contribution in [3.05, 3.63) is 28.7 Å². The molecule has 2 nitrogen and oxygen atoms in total. The van der Waals surface area contributed by atoms with Crippen LogP contribution in [-0.4, -0.2) is 5.91 Å². The highest BCUT2D eigenvalue weighted by atomic mass is 79.9. The summed E-state index contributed by atoms with van der Waals surface area (Å²) in [7, 11) is 0. The Morgan fingerprint density at radius 1 is 1.05 bits per heavy atom. The number of carbonyl (C=O) groups is 1. The molecular formula is C16H24BrNO. The van der Waals surface area contributed by atoms with E-state index in [4.69, 9.17) is 0 Å². The van der Waals surface area contributed by atoms with Gasteiger partial charge < -0.3 is 5.32 Å². The number of rotatable bonds is 9. The molecule has 1 N–H and O–H groups in total. The van der Waals surface area contributed by atoms with Gasteiger partial charge in [0.05, 0.1) is 5.69 Å². The van der Waals surface area contributed by atoms with Gasteiger partial charge in [-0.3, -0.25) is 4.79 Å². The number of amides is 1. The predicted octanol–water partition coefficient (Wildman–Crippen LogP) is 5.53. The van der Waals surface area contributed by atoms with Crippen LogP contribution in [0.3, 0.4) is 0 Å². The first-order valence-electron chi connectivity index (χ1n) is 7.28. The van der Waals surface area contributed by atoms with Crippen LogP contribution < -0.4 is 5.32 Å². The first-order valence-corrected chi connectivity index (χ1v) is 8.07. The molecule has 1 aromatic carbocycles. The quantitative estimate of drug-likeness (QED) is 0.594. The molecule has 3 heteroatoms. The number of halogens is 1. The summed E-state index contributed by atoms with van der Waals surface area (Å²) in [6.07, 6.45) is 9.28. The molecule has 0 atom stereocenters. The lowest BCUT2D eigenvalue weighted by atomic mass is 10.1. The minimum absolute atomic E-state index is 0.112. The molecule has 19 heavy (non-hydrogen) atoms. The molecule has 0 saturated carbocycles. The first kappa shape index (κ1) is 16.2. The Hall–Kier alpha value is -0.830. The van der Waals surface area contributed by atoms with Crippen LogP contribution in [0.2, 0.25) is 0 Å². The summed E-state index contributed by atoms with van der Waals surface area (Å²) in [5.41, 5.74) is 0.857. The highest BCUT2D eigenvalue weighted by molar-refractivity contribution is 9.10. The van der Waals surface area contributed by atoms with Crippen LogP contribution >= 0.6 is 15.9 Å². The van der Waals surface area contributed by atoms with Gasteiger partial charge in [0.1, 0.15) is 0 Å². The van der Waals surface area contributed by atoms with Gasteiger partial charge in [0, 0.05) is 10.9 Å². The lowest BCUT2D eigenvalue weighted by Crippen LogP contribution is -2.11. The average molecular weight is 326 g/mol. The fourth-order valence-electron chi connectivity index (χ4n) is 2.02. The van der Waals surface area contributed by atoms with E-state index in [2.05, 4.69) is 28.2 Å². The Bertz CT molecular complexity index is 379. The minimum Gasteiger partial charge on any atom is -0.325 e. The lowest BCUT2D eigenvalue weighted by molar-refractivity contribution is -0.116. The van der Waals surface area contributed by atoms with Crippen molar-refractivity contribution in [2.45, 2.75) is 58.3 Å². The van der Waals surface area contributed by atoms with Crippen LogP contribution in [0.5, 0.6) is 0 Å². The van der Waals surface area contributed by atoms with Gasteiger partial charge in [-0.25, -0.2) is 0 Å². The second-order valence-corrected chi connectivity index (χ2v) is 5.75. The van der Waals surface area contributed by atoms with Crippen LogP contribution in [0.1, 0.15) is 58.3 Å². The predicted molar refractivity (Wildman–Crippen MR) is 85.4 cm³/mol. The van der Waals surface area contributed by atoms with Crippen LogP contribution in [0.4, 0.5) is 5.69 Å². The molecule has 106 valence electrons. The average Bonchev–Trinajstić information content (AvgIpc) is 2.40. The Morgan fingerprint density at radius 2 is 1.68 bits per heavy atom. The largest absolute Gasteiger partial charge is 0.325 e. The van der Waals surface area contributed by atoms with E-state index in [1.807, 2.05) is 24.3 Å². The number of benzene rings is 1. The molecule has 0 heterocycles. The lowest BCUT2D eigenvalue weighted by Gasteiger charge is -2.07. The Kier molecular flexibility index (Phi) is 8.55. The van der Waals surface area contributed by atoms with Gasteiger partial charge in [-0.15, -0.1) is 0 Å². The van der Waals surface area contributed by atoms with Crippen molar-refractivity contribution in [2.75, 3.05) is 5.32 Å². The van der Waals surface area contributed by atoms with Crippen LogP contribution in [0.25, 0.3) is 0 Å². The summed E-state index contributed by atoms with van der Waals surface area (Å²) in [6, 6.07) is 7.71. The van der Waals surface area contributed by atoms with Crippen molar-refractivity contribution < 1.29 is 4.79 Å². The maximum absolute atomic E-state index is 11.8. The molecule has 0 fully saturated rings. The van der Waals surface area contributed by atoms with Crippen molar-refractivity contribution in [2.24, 2.45) is 0 Å². The van der Waals surface area contributed by atoms with Crippen LogP contribution in [0.15, 0.2) is 28.7 Å². The molecule has 0 aliphatic heterocycles. The summed E-state index contributed by atoms with van der Waals surface area (Å²) in [5.74, 6) is 0.112. The highest BCUT2D eigenvalue weighted by Crippen LogP contribution is 2.21. The third kappa shape index (κ3) is 7.36. The van der Waals surface area contributed by atoms with Gasteiger partial charge >= 0.3 is 0 Å². The van der Waals surface area contributed by atoms with Crippen molar-refractivity contribution >= 4 is 27.5 Å². The standard InChI is InChI=1S/C16H24BrNO/c1-2-3-4-5-6-7-8-13-16(19)18-15-12-10-9-11-14(15)17/h9-12H,2-8,13H2,1H3,(H,18,19). The maximum atomic E-state index is 11.8. The van der Waals surface area contributed by atoms with E-state index in [1.54, 1.807) is 0 Å². The molecule has 1 amide bonds. The summed E-state index contributed by atoms with van der Waals surface area (Å²) in [4.78, 5) is 11.8. The van der Waals surface area contributed by atoms with E-state index < -0.39 is 0 Å².